The number of para-hydroxylation sites is 1. The molecule has 0 aliphatic carbocycles. The van der Waals surface area contributed by atoms with Gasteiger partial charge in [0.05, 0.1) is 13.2 Å². The van der Waals surface area contributed by atoms with Gasteiger partial charge in [-0.05, 0) is 54.1 Å². The Bertz CT molecular complexity index is 1250. The largest absolute Gasteiger partial charge is 0.457 e. The van der Waals surface area contributed by atoms with Crippen molar-refractivity contribution in [2.45, 2.75) is 12.6 Å². The van der Waals surface area contributed by atoms with Crippen LogP contribution in [0.25, 0.3) is 0 Å². The van der Waals surface area contributed by atoms with E-state index in [1.807, 2.05) is 60.7 Å². The van der Waals surface area contributed by atoms with Gasteiger partial charge in [-0.1, -0.05) is 71.2 Å². The molecule has 0 fully saturated rings. The van der Waals surface area contributed by atoms with E-state index in [0.29, 0.717) is 17.2 Å². The van der Waals surface area contributed by atoms with Crippen LogP contribution in [0.3, 0.4) is 0 Å². The van der Waals surface area contributed by atoms with Crippen LogP contribution in [0.15, 0.2) is 115 Å². The van der Waals surface area contributed by atoms with Crippen molar-refractivity contribution in [2.75, 3.05) is 11.9 Å². The number of hydrogen-bond acceptors (Lipinski definition) is 4. The molecule has 2 amide bonds. The highest BCUT2D eigenvalue weighted by Gasteiger charge is 2.32. The number of halogens is 1. The fraction of sp³-hybridized carbons (Fsp3) is 0.103. The van der Waals surface area contributed by atoms with E-state index < -0.39 is 17.9 Å². The molecule has 0 spiro atoms. The number of hydrogen-bond donors (Lipinski definition) is 1. The summed E-state index contributed by atoms with van der Waals surface area (Å²) in [5.41, 5.74) is 1.42. The normalized spacial score (nSPS) is 11.4. The zero-order valence-corrected chi connectivity index (χ0v) is 19.4. The van der Waals surface area contributed by atoms with Crippen molar-refractivity contribution in [3.63, 3.8) is 0 Å². The molecule has 1 N–H and O–H groups in total. The summed E-state index contributed by atoms with van der Waals surface area (Å²) >= 11 is 0. The summed E-state index contributed by atoms with van der Waals surface area (Å²) in [6, 6.07) is 31.7. The molecule has 0 bridgehead atoms. The van der Waals surface area contributed by atoms with Crippen LogP contribution in [0.4, 0.5) is 10.2 Å². The molecular formula is C29H25FN2O4. The molecule has 0 aliphatic rings. The summed E-state index contributed by atoms with van der Waals surface area (Å²) in [5.74, 6) is -0.386. The number of nitrogens with zero attached hydrogens (tertiary/aromatic N) is 1. The van der Waals surface area contributed by atoms with Gasteiger partial charge in [-0.3, -0.25) is 9.59 Å². The second-order valence-corrected chi connectivity index (χ2v) is 7.93. The van der Waals surface area contributed by atoms with Gasteiger partial charge < -0.3 is 14.8 Å². The van der Waals surface area contributed by atoms with Gasteiger partial charge in [0, 0.05) is 11.3 Å². The molecule has 7 heteroatoms. The average molecular weight is 485 g/mol. The van der Waals surface area contributed by atoms with E-state index in [-0.39, 0.29) is 23.9 Å². The molecule has 4 rings (SSSR count). The van der Waals surface area contributed by atoms with E-state index in [1.165, 1.54) is 12.1 Å². The Balaban J connectivity index is 1.44. The van der Waals surface area contributed by atoms with Crippen molar-refractivity contribution in [1.82, 2.24) is 5.12 Å². The minimum absolute atomic E-state index is 0.0808. The Morgan fingerprint density at radius 3 is 1.94 bits per heavy atom. The van der Waals surface area contributed by atoms with Gasteiger partial charge >= 0.3 is 0 Å². The third-order valence-corrected chi connectivity index (χ3v) is 5.28. The van der Waals surface area contributed by atoms with Crippen LogP contribution in [-0.2, 0) is 16.1 Å². The van der Waals surface area contributed by atoms with Gasteiger partial charge in [0.15, 0.2) is 6.04 Å². The maximum atomic E-state index is 15.3. The maximum absolute atomic E-state index is 15.3. The van der Waals surface area contributed by atoms with Crippen LogP contribution < -0.4 is 10.1 Å². The number of carbonyl (C=O) groups is 2. The topological polar surface area (TPSA) is 67.9 Å². The number of amides is 2. The Morgan fingerprint density at radius 2 is 1.31 bits per heavy atom. The number of anilines is 1. The van der Waals surface area contributed by atoms with E-state index in [2.05, 4.69) is 5.32 Å². The molecule has 0 aromatic heterocycles. The summed E-state index contributed by atoms with van der Waals surface area (Å²) in [6.07, 6.45) is 0. The van der Waals surface area contributed by atoms with Gasteiger partial charge in [-0.25, -0.2) is 0 Å². The molecule has 0 aliphatic heterocycles. The van der Waals surface area contributed by atoms with Gasteiger partial charge in [0.2, 0.25) is 0 Å². The van der Waals surface area contributed by atoms with Crippen LogP contribution in [0.5, 0.6) is 11.5 Å². The highest BCUT2D eigenvalue weighted by Crippen LogP contribution is 2.23. The van der Waals surface area contributed by atoms with E-state index >= 15 is 4.48 Å². The maximum Gasteiger partial charge on any atom is 0.282 e. The zero-order chi connectivity index (χ0) is 25.2. The molecule has 1 unspecified atom stereocenters. The predicted molar refractivity (Wildman–Crippen MR) is 135 cm³/mol. The Morgan fingerprint density at radius 1 is 0.750 bits per heavy atom. The molecule has 6 nitrogen and oxygen atoms in total. The predicted octanol–water partition coefficient (Wildman–Crippen LogP) is 6.03. The molecule has 4 aromatic rings. The van der Waals surface area contributed by atoms with Crippen molar-refractivity contribution >= 4 is 17.5 Å². The van der Waals surface area contributed by atoms with Crippen LogP contribution >= 0.6 is 0 Å². The molecule has 182 valence electrons. The first kappa shape index (κ1) is 24.6. The van der Waals surface area contributed by atoms with E-state index in [9.17, 15) is 9.59 Å². The Labute approximate surface area is 208 Å². The number of benzene rings is 4. The lowest BCUT2D eigenvalue weighted by atomic mass is 10.2. The zero-order valence-electron chi connectivity index (χ0n) is 19.4. The first-order valence-electron chi connectivity index (χ1n) is 11.4. The molecule has 0 saturated heterocycles. The van der Waals surface area contributed by atoms with Crippen LogP contribution in [-0.4, -0.2) is 29.6 Å². The number of nitrogens with one attached hydrogen (secondary N) is 1. The van der Waals surface area contributed by atoms with Gasteiger partial charge in [0.25, 0.3) is 11.8 Å². The molecule has 0 heterocycles. The van der Waals surface area contributed by atoms with E-state index in [1.54, 1.807) is 42.5 Å². The lowest BCUT2D eigenvalue weighted by Crippen LogP contribution is -2.45. The third-order valence-electron chi connectivity index (χ3n) is 5.28. The Kier molecular flexibility index (Phi) is 8.40. The van der Waals surface area contributed by atoms with Crippen molar-refractivity contribution in [2.24, 2.45) is 0 Å². The van der Waals surface area contributed by atoms with Gasteiger partial charge in [0.1, 0.15) is 11.5 Å². The molecule has 0 radical (unpaired) electrons. The summed E-state index contributed by atoms with van der Waals surface area (Å²) in [6.45, 7) is -0.158. The summed E-state index contributed by atoms with van der Waals surface area (Å²) in [4.78, 5) is 25.7. The third kappa shape index (κ3) is 6.77. The van der Waals surface area contributed by atoms with Crippen molar-refractivity contribution in [3.05, 3.63) is 126 Å². The molecule has 36 heavy (non-hydrogen) atoms. The fourth-order valence-corrected chi connectivity index (χ4v) is 3.41. The minimum atomic E-state index is -1.50. The monoisotopic (exact) mass is 484 g/mol. The number of ether oxygens (including phenoxy) is 2. The lowest BCUT2D eigenvalue weighted by Gasteiger charge is -2.23. The number of carbonyl (C=O) groups excluding carboxylic acids is 2. The van der Waals surface area contributed by atoms with Crippen LogP contribution in [0.1, 0.15) is 15.9 Å². The Hall–Kier alpha value is -4.49. The highest BCUT2D eigenvalue weighted by molar-refractivity contribution is 6.00. The van der Waals surface area contributed by atoms with Crippen LogP contribution in [0, 0.1) is 0 Å². The first-order chi connectivity index (χ1) is 17.6. The molecular weight excluding hydrogens is 459 g/mol. The second-order valence-electron chi connectivity index (χ2n) is 7.93. The SMILES string of the molecule is O=C(Nc1ccc(Oc2ccccc2)cc1)C(COCc1ccccc1)N(F)C(=O)c1ccccc1. The second kappa shape index (κ2) is 12.3. The quantitative estimate of drug-likeness (QED) is 0.279. The summed E-state index contributed by atoms with van der Waals surface area (Å²) < 4.78 is 26.6. The molecule has 1 atom stereocenters. The van der Waals surface area contributed by atoms with Gasteiger partial charge in [-0.2, -0.15) is 5.12 Å². The summed E-state index contributed by atoms with van der Waals surface area (Å²) in [7, 11) is 0. The molecule has 4 aromatic carbocycles. The first-order valence-corrected chi connectivity index (χ1v) is 11.4. The van der Waals surface area contributed by atoms with E-state index in [0.717, 1.165) is 5.56 Å². The number of rotatable bonds is 10. The van der Waals surface area contributed by atoms with E-state index in [4.69, 9.17) is 9.47 Å². The highest BCUT2D eigenvalue weighted by atomic mass is 19.2. The van der Waals surface area contributed by atoms with Crippen molar-refractivity contribution < 1.29 is 23.5 Å². The van der Waals surface area contributed by atoms with Crippen molar-refractivity contribution in [1.29, 1.82) is 0 Å². The lowest BCUT2D eigenvalue weighted by molar-refractivity contribution is -0.129. The summed E-state index contributed by atoms with van der Waals surface area (Å²) in [5, 5.41) is 2.58. The van der Waals surface area contributed by atoms with Crippen molar-refractivity contribution in [3.8, 4) is 11.5 Å². The fourth-order valence-electron chi connectivity index (χ4n) is 3.41. The average Bonchev–Trinajstić information content (AvgIpc) is 2.93. The van der Waals surface area contributed by atoms with Gasteiger partial charge in [-0.15, -0.1) is 0 Å². The minimum Gasteiger partial charge on any atom is -0.457 e. The smallest absolute Gasteiger partial charge is 0.282 e. The molecule has 0 saturated carbocycles. The standard InChI is InChI=1S/C29H25FN2O4/c30-32(29(34)23-12-6-2-7-13-23)27(21-35-20-22-10-4-1-5-11-22)28(33)31-24-16-18-26(19-17-24)36-25-14-8-3-9-15-25/h1-19,27H,20-21H2,(H,31,33). The van der Waals surface area contributed by atoms with Crippen LogP contribution in [0.2, 0.25) is 0 Å².